The molecule has 0 bridgehead atoms. The van der Waals surface area contributed by atoms with Crippen molar-refractivity contribution in [3.8, 4) is 17.6 Å². The van der Waals surface area contributed by atoms with Crippen molar-refractivity contribution in [3.63, 3.8) is 0 Å². The third-order valence-corrected chi connectivity index (χ3v) is 5.86. The predicted octanol–water partition coefficient (Wildman–Crippen LogP) is 1.17. The van der Waals surface area contributed by atoms with Gasteiger partial charge in [0.15, 0.2) is 5.65 Å². The van der Waals surface area contributed by atoms with Gasteiger partial charge in [0.1, 0.15) is 17.1 Å². The minimum Gasteiger partial charge on any atom is -0.497 e. The van der Waals surface area contributed by atoms with Gasteiger partial charge in [-0.1, -0.05) is 17.9 Å². The van der Waals surface area contributed by atoms with Crippen molar-refractivity contribution >= 4 is 29.0 Å². The van der Waals surface area contributed by atoms with Crippen LogP contribution in [0.1, 0.15) is 32.9 Å². The van der Waals surface area contributed by atoms with E-state index in [2.05, 4.69) is 37.4 Å². The van der Waals surface area contributed by atoms with Crippen LogP contribution in [0.15, 0.2) is 24.4 Å². The Bertz CT molecular complexity index is 1420. The number of aromatic nitrogens is 3. The molecule has 4 amide bonds. The predicted molar refractivity (Wildman–Crippen MR) is 117 cm³/mol. The Kier molecular flexibility index (Phi) is 4.56. The molecule has 1 saturated heterocycles. The van der Waals surface area contributed by atoms with Crippen LogP contribution < -0.4 is 15.4 Å². The summed E-state index contributed by atoms with van der Waals surface area (Å²) >= 11 is 0. The number of hydrogen-bond donors (Lipinski definition) is 3. The monoisotopic (exact) mass is 444 g/mol. The van der Waals surface area contributed by atoms with Crippen molar-refractivity contribution in [1.82, 2.24) is 30.5 Å². The maximum absolute atomic E-state index is 13.0. The van der Waals surface area contributed by atoms with Gasteiger partial charge in [0.25, 0.3) is 11.8 Å². The van der Waals surface area contributed by atoms with Crippen molar-refractivity contribution in [1.29, 1.82) is 0 Å². The van der Waals surface area contributed by atoms with Crippen LogP contribution in [0.3, 0.4) is 0 Å². The molecule has 2 aliphatic heterocycles. The molecular weight excluding hydrogens is 424 g/mol. The summed E-state index contributed by atoms with van der Waals surface area (Å²) < 4.78 is 5.21. The molecular formula is C23H20N6O4. The maximum Gasteiger partial charge on any atom is 0.323 e. The van der Waals surface area contributed by atoms with Crippen molar-refractivity contribution in [2.24, 2.45) is 0 Å². The zero-order valence-electron chi connectivity index (χ0n) is 18.2. The van der Waals surface area contributed by atoms with Gasteiger partial charge < -0.3 is 19.9 Å². The maximum atomic E-state index is 13.0. The fourth-order valence-corrected chi connectivity index (χ4v) is 4.10. The van der Waals surface area contributed by atoms with Crippen LogP contribution in [-0.4, -0.2) is 56.9 Å². The minimum atomic E-state index is -1.60. The van der Waals surface area contributed by atoms with Crippen molar-refractivity contribution in [2.45, 2.75) is 25.9 Å². The molecule has 0 saturated carbocycles. The van der Waals surface area contributed by atoms with E-state index in [-0.39, 0.29) is 12.5 Å². The normalized spacial score (nSPS) is 19.2. The molecule has 1 aromatic carbocycles. The van der Waals surface area contributed by atoms with E-state index in [4.69, 9.17) is 4.74 Å². The molecule has 1 unspecified atom stereocenters. The molecule has 166 valence electrons. The number of aromatic amines is 1. The van der Waals surface area contributed by atoms with Gasteiger partial charge in [-0.2, -0.15) is 0 Å². The fourth-order valence-electron chi connectivity index (χ4n) is 4.10. The molecule has 2 aliphatic rings. The van der Waals surface area contributed by atoms with E-state index in [1.165, 1.54) is 12.0 Å². The van der Waals surface area contributed by atoms with Crippen molar-refractivity contribution < 1.29 is 19.1 Å². The summed E-state index contributed by atoms with van der Waals surface area (Å²) in [6.07, 6.45) is 1.59. The second-order valence-corrected chi connectivity index (χ2v) is 8.06. The lowest BCUT2D eigenvalue weighted by atomic mass is 9.98. The van der Waals surface area contributed by atoms with Crippen LogP contribution in [0.25, 0.3) is 11.2 Å². The number of hydrogen-bond acceptors (Lipinski definition) is 6. The number of fused-ring (bicyclic) bond motifs is 2. The number of pyridine rings is 1. The molecule has 2 aromatic heterocycles. The average molecular weight is 444 g/mol. The molecule has 1 atom stereocenters. The van der Waals surface area contributed by atoms with E-state index in [9.17, 15) is 14.4 Å². The van der Waals surface area contributed by atoms with Gasteiger partial charge >= 0.3 is 6.03 Å². The average Bonchev–Trinajstić information content (AvgIpc) is 3.41. The highest BCUT2D eigenvalue weighted by Crippen LogP contribution is 2.28. The Morgan fingerprint density at radius 2 is 2.06 bits per heavy atom. The van der Waals surface area contributed by atoms with E-state index >= 15 is 0 Å². The van der Waals surface area contributed by atoms with Crippen molar-refractivity contribution in [3.05, 3.63) is 52.5 Å². The third-order valence-electron chi connectivity index (χ3n) is 5.86. The van der Waals surface area contributed by atoms with Gasteiger partial charge in [0, 0.05) is 23.9 Å². The molecule has 3 N–H and O–H groups in total. The summed E-state index contributed by atoms with van der Waals surface area (Å²) in [5.74, 6) is 6.32. The van der Waals surface area contributed by atoms with Gasteiger partial charge in [-0.25, -0.2) is 14.8 Å². The Hall–Kier alpha value is -4.39. The number of carbonyl (C=O) groups excluding carboxylic acids is 3. The minimum absolute atomic E-state index is 0.108. The summed E-state index contributed by atoms with van der Waals surface area (Å²) in [5, 5.41) is 4.85. The summed E-state index contributed by atoms with van der Waals surface area (Å²) in [6.45, 7) is 3.89. The van der Waals surface area contributed by atoms with Crippen LogP contribution in [0, 0.1) is 25.7 Å². The second-order valence-electron chi connectivity index (χ2n) is 8.06. The molecule has 0 spiro atoms. The van der Waals surface area contributed by atoms with E-state index in [1.807, 2.05) is 19.9 Å². The number of rotatable bonds is 3. The van der Waals surface area contributed by atoms with E-state index < -0.39 is 17.5 Å². The van der Waals surface area contributed by atoms with Gasteiger partial charge in [-0.15, -0.1) is 0 Å². The molecule has 3 aromatic rings. The van der Waals surface area contributed by atoms with E-state index in [0.717, 1.165) is 17.0 Å². The highest BCUT2D eigenvalue weighted by molar-refractivity contribution is 6.10. The highest BCUT2D eigenvalue weighted by Gasteiger charge is 2.48. The number of nitrogens with one attached hydrogen (secondary N) is 3. The number of imide groups is 1. The first kappa shape index (κ1) is 20.5. The van der Waals surface area contributed by atoms with Crippen molar-refractivity contribution in [2.75, 3.05) is 13.7 Å². The lowest BCUT2D eigenvalue weighted by Gasteiger charge is -2.26. The summed E-state index contributed by atoms with van der Waals surface area (Å²) in [4.78, 5) is 51.2. The first-order valence-corrected chi connectivity index (χ1v) is 10.2. The molecule has 33 heavy (non-hydrogen) atoms. The van der Waals surface area contributed by atoms with Gasteiger partial charge in [0.2, 0.25) is 5.54 Å². The van der Waals surface area contributed by atoms with Crippen LogP contribution >= 0.6 is 0 Å². The Labute approximate surface area is 188 Å². The van der Waals surface area contributed by atoms with Crippen LogP contribution in [0.5, 0.6) is 5.75 Å². The van der Waals surface area contributed by atoms with E-state index in [0.29, 0.717) is 34.6 Å². The fraction of sp³-hybridized carbons (Fsp3) is 0.261. The molecule has 0 aliphatic carbocycles. The number of imidazole rings is 1. The zero-order chi connectivity index (χ0) is 23.3. The smallest absolute Gasteiger partial charge is 0.323 e. The van der Waals surface area contributed by atoms with Gasteiger partial charge in [0.05, 0.1) is 13.7 Å². The first-order chi connectivity index (χ1) is 15.8. The molecule has 0 radical (unpaired) electrons. The van der Waals surface area contributed by atoms with Gasteiger partial charge in [-0.3, -0.25) is 14.9 Å². The quantitative estimate of drug-likeness (QED) is 0.411. The summed E-state index contributed by atoms with van der Waals surface area (Å²) in [7, 11) is 1.53. The molecule has 5 rings (SSSR count). The highest BCUT2D eigenvalue weighted by atomic mass is 16.5. The Morgan fingerprint density at radius 1 is 1.24 bits per heavy atom. The number of urea groups is 1. The Morgan fingerprint density at radius 3 is 2.79 bits per heavy atom. The van der Waals surface area contributed by atoms with Crippen LogP contribution in [-0.2, 0) is 11.3 Å². The SMILES string of the molecule is COc1ccc2c(c1)C(=O)N(CC1(C#Cc3cnc4[nH]c(C)nc4c3C)NC(=O)NC1=O)C2. The lowest BCUT2D eigenvalue weighted by molar-refractivity contribution is -0.122. The summed E-state index contributed by atoms with van der Waals surface area (Å²) in [6, 6.07) is 4.60. The van der Waals surface area contributed by atoms with E-state index in [1.54, 1.807) is 18.3 Å². The summed E-state index contributed by atoms with van der Waals surface area (Å²) in [5.41, 5.74) is 2.42. The topological polar surface area (TPSA) is 129 Å². The lowest BCUT2D eigenvalue weighted by Crippen LogP contribution is -2.54. The molecule has 10 nitrogen and oxygen atoms in total. The number of aryl methyl sites for hydroxylation is 2. The number of H-pyrrole nitrogens is 1. The third kappa shape index (κ3) is 3.34. The second kappa shape index (κ2) is 7.34. The number of nitrogens with zero attached hydrogens (tertiary/aromatic N) is 3. The van der Waals surface area contributed by atoms with Crippen LogP contribution in [0.2, 0.25) is 0 Å². The Balaban J connectivity index is 1.50. The molecule has 10 heteroatoms. The number of amides is 4. The largest absolute Gasteiger partial charge is 0.497 e. The first-order valence-electron chi connectivity index (χ1n) is 10.2. The number of ether oxygens (including phenoxy) is 1. The number of methoxy groups -OCH3 is 1. The molecule has 1 fully saturated rings. The number of carbonyl (C=O) groups is 3. The standard InChI is InChI=1S/C23H20N6O4/c1-12-14(9-24-19-18(12)25-13(2)26-19)6-7-23(21(31)27-22(32)28-23)11-29-10-15-4-5-16(33-3)8-17(15)20(29)30/h4-5,8-9H,10-11H2,1-3H3,(H,24,25,26)(H2,27,28,31,32). The molecule has 4 heterocycles. The van der Waals surface area contributed by atoms with Gasteiger partial charge in [-0.05, 0) is 37.1 Å². The zero-order valence-corrected chi connectivity index (χ0v) is 18.2. The van der Waals surface area contributed by atoms with Crippen LogP contribution in [0.4, 0.5) is 4.79 Å². The number of benzene rings is 1.